The van der Waals surface area contributed by atoms with E-state index >= 15 is 0 Å². The highest BCUT2D eigenvalue weighted by Gasteiger charge is 2.39. The zero-order valence-corrected chi connectivity index (χ0v) is 18.5. The van der Waals surface area contributed by atoms with Crippen LogP contribution < -0.4 is 39.2 Å². The van der Waals surface area contributed by atoms with Crippen LogP contribution in [0.15, 0.2) is 23.1 Å². The number of sulfonamides is 1. The van der Waals surface area contributed by atoms with Crippen LogP contribution in [0.2, 0.25) is 0 Å². The van der Waals surface area contributed by atoms with E-state index in [9.17, 15) is 13.2 Å². The molecule has 1 aromatic carbocycles. The van der Waals surface area contributed by atoms with Crippen molar-refractivity contribution in [1.29, 1.82) is 0 Å². The Bertz CT molecular complexity index is 736. The van der Waals surface area contributed by atoms with Crippen LogP contribution >= 0.6 is 0 Å². The molecular formula is C17H28IN3O4S. The van der Waals surface area contributed by atoms with Crippen molar-refractivity contribution in [1.82, 2.24) is 5.32 Å². The number of nitrogens with one attached hydrogen (secondary N) is 1. The van der Waals surface area contributed by atoms with Crippen molar-refractivity contribution in [3.8, 4) is 5.75 Å². The van der Waals surface area contributed by atoms with Gasteiger partial charge in [0.15, 0.2) is 0 Å². The van der Waals surface area contributed by atoms with E-state index in [-0.39, 0.29) is 40.3 Å². The lowest BCUT2D eigenvalue weighted by molar-refractivity contribution is -0.934. The van der Waals surface area contributed by atoms with Gasteiger partial charge in [-0.2, -0.15) is 0 Å². The summed E-state index contributed by atoms with van der Waals surface area (Å²) in [5, 5.41) is 8.11. The fourth-order valence-electron chi connectivity index (χ4n) is 3.80. The number of primary sulfonamides is 1. The topological polar surface area (TPSA) is 98.5 Å². The standard InChI is InChI=1S/C17H27N3O4S.HI/c1-4-20(5-2)10-6-7-13(20)12-19-17(21)15-11-14(25(18,22)23)8-9-16(15)24-3;/h8-9,11,13H,4-7,10,12H2,1-3H3,(H2-,18,19,21,22,23);1H. The maximum absolute atomic E-state index is 12.6. The van der Waals surface area contributed by atoms with Gasteiger partial charge >= 0.3 is 0 Å². The number of nitrogens with zero attached hydrogens (tertiary/aromatic N) is 1. The van der Waals surface area contributed by atoms with Gasteiger partial charge in [-0.1, -0.05) is 0 Å². The molecule has 1 amide bonds. The number of likely N-dealkylation sites (N-methyl/N-ethyl adjacent to an activating group) is 1. The first-order valence-electron chi connectivity index (χ1n) is 8.62. The molecule has 0 aliphatic carbocycles. The molecule has 7 nitrogen and oxygen atoms in total. The minimum absolute atomic E-state index is 0. The monoisotopic (exact) mass is 497 g/mol. The molecule has 1 fully saturated rings. The molecule has 0 spiro atoms. The van der Waals surface area contributed by atoms with Gasteiger partial charge < -0.3 is 38.5 Å². The number of nitrogens with two attached hydrogens (primary N) is 1. The Kier molecular flexibility index (Phi) is 8.31. The molecule has 1 aliphatic heterocycles. The fourth-order valence-corrected chi connectivity index (χ4v) is 4.34. The van der Waals surface area contributed by atoms with E-state index in [4.69, 9.17) is 9.88 Å². The third-order valence-corrected chi connectivity index (χ3v) is 6.33. The minimum atomic E-state index is -3.88. The number of ether oxygens (including phenoxy) is 1. The molecule has 9 heteroatoms. The van der Waals surface area contributed by atoms with Gasteiger partial charge in [0, 0.05) is 12.8 Å². The van der Waals surface area contributed by atoms with Crippen LogP contribution in [0.1, 0.15) is 37.0 Å². The van der Waals surface area contributed by atoms with Crippen molar-refractivity contribution < 1.29 is 46.4 Å². The number of rotatable bonds is 7. The quantitative estimate of drug-likeness (QED) is 0.340. The zero-order chi connectivity index (χ0) is 18.7. The first-order valence-corrected chi connectivity index (χ1v) is 10.2. The molecular weight excluding hydrogens is 469 g/mol. The lowest BCUT2D eigenvalue weighted by Gasteiger charge is -2.38. The Morgan fingerprint density at radius 1 is 1.35 bits per heavy atom. The number of likely N-dealkylation sites (tertiary alicyclic amines) is 1. The average molecular weight is 497 g/mol. The van der Waals surface area contributed by atoms with E-state index in [1.165, 1.54) is 25.3 Å². The average Bonchev–Trinajstić information content (AvgIpc) is 3.01. The predicted molar refractivity (Wildman–Crippen MR) is 95.9 cm³/mol. The van der Waals surface area contributed by atoms with Crippen LogP contribution in [0.3, 0.4) is 0 Å². The lowest BCUT2D eigenvalue weighted by Crippen LogP contribution is -3.00. The van der Waals surface area contributed by atoms with Crippen LogP contribution in [-0.4, -0.2) is 58.1 Å². The van der Waals surface area contributed by atoms with E-state index in [0.717, 1.165) is 37.0 Å². The summed E-state index contributed by atoms with van der Waals surface area (Å²) < 4.78 is 29.3. The Morgan fingerprint density at radius 3 is 2.54 bits per heavy atom. The Hall–Kier alpha value is -0.910. The highest BCUT2D eigenvalue weighted by Crippen LogP contribution is 2.27. The summed E-state index contributed by atoms with van der Waals surface area (Å²) in [5.74, 6) is -0.0254. The van der Waals surface area contributed by atoms with Crippen molar-refractivity contribution in [3.63, 3.8) is 0 Å². The highest BCUT2D eigenvalue weighted by molar-refractivity contribution is 7.89. The van der Waals surface area contributed by atoms with E-state index in [1.807, 2.05) is 0 Å². The smallest absolute Gasteiger partial charge is 0.255 e. The van der Waals surface area contributed by atoms with Crippen LogP contribution in [0.4, 0.5) is 0 Å². The second-order valence-electron chi connectivity index (χ2n) is 6.49. The van der Waals surface area contributed by atoms with Crippen molar-refractivity contribution in [2.45, 2.75) is 37.6 Å². The fraction of sp³-hybridized carbons (Fsp3) is 0.588. The molecule has 26 heavy (non-hydrogen) atoms. The normalized spacial score (nSPS) is 18.8. The Labute approximate surface area is 172 Å². The van der Waals surface area contributed by atoms with Crippen LogP contribution in [0.25, 0.3) is 0 Å². The molecule has 1 aliphatic rings. The third-order valence-electron chi connectivity index (χ3n) is 5.42. The number of benzene rings is 1. The van der Waals surface area contributed by atoms with Crippen molar-refractivity contribution >= 4 is 15.9 Å². The summed E-state index contributed by atoms with van der Waals surface area (Å²) in [5.41, 5.74) is 0.179. The molecule has 1 atom stereocenters. The molecule has 0 bridgehead atoms. The number of carbonyl (C=O) groups is 1. The number of carbonyl (C=O) groups excluding carboxylic acids is 1. The molecule has 1 saturated heterocycles. The van der Waals surface area contributed by atoms with Gasteiger partial charge in [0.2, 0.25) is 10.0 Å². The van der Waals surface area contributed by atoms with E-state index in [0.29, 0.717) is 18.3 Å². The van der Waals surface area contributed by atoms with Gasteiger partial charge in [0.1, 0.15) is 11.8 Å². The predicted octanol–water partition coefficient (Wildman–Crippen LogP) is -1.90. The summed E-state index contributed by atoms with van der Waals surface area (Å²) in [4.78, 5) is 12.5. The van der Waals surface area contributed by atoms with E-state index in [1.54, 1.807) is 0 Å². The van der Waals surface area contributed by atoms with E-state index in [2.05, 4.69) is 19.2 Å². The number of hydrogen-bond donors (Lipinski definition) is 2. The second kappa shape index (κ2) is 9.34. The Morgan fingerprint density at radius 2 is 2.00 bits per heavy atom. The number of hydrogen-bond acceptors (Lipinski definition) is 4. The molecule has 1 unspecified atom stereocenters. The van der Waals surface area contributed by atoms with Crippen LogP contribution in [-0.2, 0) is 10.0 Å². The second-order valence-corrected chi connectivity index (χ2v) is 8.05. The molecule has 0 radical (unpaired) electrons. The maximum Gasteiger partial charge on any atom is 0.255 e. The van der Waals surface area contributed by atoms with Crippen LogP contribution in [0, 0.1) is 0 Å². The van der Waals surface area contributed by atoms with Gasteiger partial charge in [-0.3, -0.25) is 4.79 Å². The zero-order valence-electron chi connectivity index (χ0n) is 15.5. The highest BCUT2D eigenvalue weighted by atomic mass is 127. The molecule has 148 valence electrons. The number of methoxy groups -OCH3 is 1. The minimum Gasteiger partial charge on any atom is -1.00 e. The first-order chi connectivity index (χ1) is 11.8. The SMILES string of the molecule is CC[N+]1(CC)CCCC1CNC(=O)c1cc(S(N)(=O)=O)ccc1OC.[I-]. The number of halogens is 1. The van der Waals surface area contributed by atoms with Crippen LogP contribution in [0.5, 0.6) is 5.75 Å². The Balaban J connectivity index is 0.00000338. The lowest BCUT2D eigenvalue weighted by atomic mass is 10.1. The molecule has 0 aromatic heterocycles. The van der Waals surface area contributed by atoms with Gasteiger partial charge in [-0.05, 0) is 32.0 Å². The van der Waals surface area contributed by atoms with Gasteiger partial charge in [-0.25, -0.2) is 13.6 Å². The summed E-state index contributed by atoms with van der Waals surface area (Å²) in [7, 11) is -2.44. The van der Waals surface area contributed by atoms with Crippen molar-refractivity contribution in [2.75, 3.05) is 33.3 Å². The largest absolute Gasteiger partial charge is 1.00 e. The molecule has 1 heterocycles. The molecule has 3 N–H and O–H groups in total. The van der Waals surface area contributed by atoms with Gasteiger partial charge in [0.05, 0.1) is 43.7 Å². The number of amides is 1. The number of quaternary nitrogens is 1. The molecule has 0 saturated carbocycles. The van der Waals surface area contributed by atoms with Crippen molar-refractivity contribution in [2.24, 2.45) is 5.14 Å². The summed E-state index contributed by atoms with van der Waals surface area (Å²) in [6.07, 6.45) is 2.24. The third kappa shape index (κ3) is 4.87. The summed E-state index contributed by atoms with van der Waals surface area (Å²) in [6, 6.07) is 4.42. The molecule has 2 rings (SSSR count). The van der Waals surface area contributed by atoms with Gasteiger partial charge in [0.25, 0.3) is 5.91 Å². The maximum atomic E-state index is 12.6. The first kappa shape index (κ1) is 23.1. The summed E-state index contributed by atoms with van der Waals surface area (Å²) >= 11 is 0. The van der Waals surface area contributed by atoms with Crippen molar-refractivity contribution in [3.05, 3.63) is 23.8 Å². The summed E-state index contributed by atoms with van der Waals surface area (Å²) in [6.45, 7) is 8.15. The van der Waals surface area contributed by atoms with Gasteiger partial charge in [-0.15, -0.1) is 0 Å². The van der Waals surface area contributed by atoms with E-state index < -0.39 is 10.0 Å². The molecule has 1 aromatic rings.